The zero-order valence-electron chi connectivity index (χ0n) is 12.5. The first-order valence-corrected chi connectivity index (χ1v) is 5.98. The van der Waals surface area contributed by atoms with Crippen LogP contribution in [0.3, 0.4) is 0 Å². The highest BCUT2D eigenvalue weighted by Crippen LogP contribution is 2.26. The summed E-state index contributed by atoms with van der Waals surface area (Å²) in [6.45, 7) is -1.47. The van der Waals surface area contributed by atoms with Crippen molar-refractivity contribution < 1.29 is 8.50 Å². The van der Waals surface area contributed by atoms with Crippen molar-refractivity contribution in [3.8, 4) is 0 Å². The molecule has 1 saturated heterocycles. The van der Waals surface area contributed by atoms with E-state index in [0.29, 0.717) is 18.4 Å². The molecule has 1 atom stereocenters. The first-order chi connectivity index (χ1) is 9.47. The second-order valence-corrected chi connectivity index (χ2v) is 4.67. The van der Waals surface area contributed by atoms with Crippen LogP contribution in [0.25, 0.3) is 10.9 Å². The van der Waals surface area contributed by atoms with Crippen LogP contribution in [0.15, 0.2) is 24.4 Å². The number of likely N-dealkylation sites (N-methyl/N-ethyl adjacent to an activating group) is 1. The molecular weight excluding hydrogens is 215 g/mol. The molecule has 1 N–H and O–H groups in total. The molecule has 1 aliphatic rings. The molecule has 0 radical (unpaired) electrons. The molecule has 0 unspecified atom stereocenters. The second-order valence-electron chi connectivity index (χ2n) is 4.67. The Morgan fingerprint density at radius 2 is 2.53 bits per heavy atom. The van der Waals surface area contributed by atoms with Crippen molar-refractivity contribution in [2.75, 3.05) is 13.5 Å². The molecule has 0 spiro atoms. The van der Waals surface area contributed by atoms with Gasteiger partial charge in [-0.25, -0.2) is 4.39 Å². The van der Waals surface area contributed by atoms with Crippen molar-refractivity contribution in [2.45, 2.75) is 25.3 Å². The van der Waals surface area contributed by atoms with Crippen molar-refractivity contribution in [3.05, 3.63) is 35.8 Å². The smallest absolute Gasteiger partial charge is 0.132 e. The largest absolute Gasteiger partial charge is 0.361 e. The molecule has 90 valence electrons. The highest BCUT2D eigenvalue weighted by atomic mass is 19.1. The minimum Gasteiger partial charge on any atom is -0.361 e. The van der Waals surface area contributed by atoms with Crippen molar-refractivity contribution in [1.29, 1.82) is 0 Å². The number of benzene rings is 1. The first-order valence-electron chi connectivity index (χ1n) is 7.48. The summed E-state index contributed by atoms with van der Waals surface area (Å²) in [7, 11) is 0. The van der Waals surface area contributed by atoms with Crippen LogP contribution in [-0.4, -0.2) is 29.4 Å². The van der Waals surface area contributed by atoms with Crippen LogP contribution in [-0.2, 0) is 6.42 Å². The highest BCUT2D eigenvalue weighted by molar-refractivity contribution is 5.83. The van der Waals surface area contributed by atoms with Gasteiger partial charge in [0.1, 0.15) is 5.82 Å². The molecular formula is C14H17FN2. The Morgan fingerprint density at radius 3 is 3.41 bits per heavy atom. The second kappa shape index (κ2) is 4.15. The Hall–Kier alpha value is -1.35. The number of rotatable bonds is 2. The fraction of sp³-hybridized carbons (Fsp3) is 0.429. The van der Waals surface area contributed by atoms with Gasteiger partial charge in [-0.3, -0.25) is 0 Å². The number of nitrogens with zero attached hydrogens (tertiary/aromatic N) is 1. The van der Waals surface area contributed by atoms with E-state index in [2.05, 4.69) is 4.98 Å². The average Bonchev–Trinajstić information content (AvgIpc) is 2.97. The van der Waals surface area contributed by atoms with E-state index in [1.54, 1.807) is 17.2 Å². The van der Waals surface area contributed by atoms with E-state index < -0.39 is 6.98 Å². The van der Waals surface area contributed by atoms with Gasteiger partial charge in [0.2, 0.25) is 0 Å². The summed E-state index contributed by atoms with van der Waals surface area (Å²) < 4.78 is 36.7. The third-order valence-corrected chi connectivity index (χ3v) is 3.57. The molecule has 2 nitrogen and oxygen atoms in total. The summed E-state index contributed by atoms with van der Waals surface area (Å²) in [6, 6.07) is 4.90. The Bertz CT molecular complexity index is 620. The molecule has 1 aliphatic heterocycles. The summed E-state index contributed by atoms with van der Waals surface area (Å²) >= 11 is 0. The maximum absolute atomic E-state index is 13.9. The molecule has 0 aliphatic carbocycles. The Kier molecular flexibility index (Phi) is 1.92. The van der Waals surface area contributed by atoms with Gasteiger partial charge in [0.25, 0.3) is 0 Å². The summed E-state index contributed by atoms with van der Waals surface area (Å²) in [5.41, 5.74) is 1.62. The van der Waals surface area contributed by atoms with Gasteiger partial charge in [-0.1, -0.05) is 6.07 Å². The molecule has 1 aromatic heterocycles. The molecule has 2 heterocycles. The summed E-state index contributed by atoms with van der Waals surface area (Å²) in [5, 5.41) is 0.588. The highest BCUT2D eigenvalue weighted by Gasteiger charge is 2.22. The summed E-state index contributed by atoms with van der Waals surface area (Å²) in [5.74, 6) is -0.253. The number of fused-ring (bicyclic) bond motifs is 1. The Balaban J connectivity index is 1.90. The van der Waals surface area contributed by atoms with Gasteiger partial charge in [0.15, 0.2) is 0 Å². The molecule has 0 saturated carbocycles. The van der Waals surface area contributed by atoms with Gasteiger partial charge < -0.3 is 9.88 Å². The van der Waals surface area contributed by atoms with Crippen LogP contribution in [0.2, 0.25) is 0 Å². The topological polar surface area (TPSA) is 19.0 Å². The van der Waals surface area contributed by atoms with Crippen LogP contribution < -0.4 is 0 Å². The lowest BCUT2D eigenvalue weighted by atomic mass is 10.0. The van der Waals surface area contributed by atoms with E-state index in [1.165, 1.54) is 6.07 Å². The third kappa shape index (κ3) is 1.84. The van der Waals surface area contributed by atoms with Crippen LogP contribution in [0.1, 0.15) is 22.5 Å². The van der Waals surface area contributed by atoms with Crippen molar-refractivity contribution >= 4 is 10.9 Å². The zero-order chi connectivity index (χ0) is 14.3. The maximum Gasteiger partial charge on any atom is 0.132 e. The summed E-state index contributed by atoms with van der Waals surface area (Å²) in [4.78, 5) is 4.62. The van der Waals surface area contributed by atoms with Gasteiger partial charge in [-0.15, -0.1) is 0 Å². The number of aromatic nitrogens is 1. The van der Waals surface area contributed by atoms with Gasteiger partial charge in [-0.05, 0) is 50.5 Å². The molecule has 3 heteroatoms. The Morgan fingerprint density at radius 1 is 1.59 bits per heavy atom. The number of hydrogen-bond acceptors (Lipinski definition) is 1. The van der Waals surface area contributed by atoms with E-state index in [4.69, 9.17) is 4.11 Å². The van der Waals surface area contributed by atoms with Gasteiger partial charge in [0.05, 0.1) is 0 Å². The predicted molar refractivity (Wildman–Crippen MR) is 67.6 cm³/mol. The lowest BCUT2D eigenvalue weighted by Gasteiger charge is -2.18. The first kappa shape index (κ1) is 7.88. The lowest BCUT2D eigenvalue weighted by Crippen LogP contribution is -2.26. The molecule has 3 rings (SSSR count). The number of likely N-dealkylation sites (tertiary alicyclic amines) is 1. The van der Waals surface area contributed by atoms with E-state index in [9.17, 15) is 4.39 Å². The average molecular weight is 235 g/mol. The maximum atomic E-state index is 13.9. The minimum atomic E-state index is -2.06. The fourth-order valence-corrected chi connectivity index (χ4v) is 2.67. The van der Waals surface area contributed by atoms with E-state index in [-0.39, 0.29) is 11.9 Å². The van der Waals surface area contributed by atoms with Gasteiger partial charge in [0, 0.05) is 27.3 Å². The van der Waals surface area contributed by atoms with Crippen LogP contribution >= 0.6 is 0 Å². The third-order valence-electron chi connectivity index (χ3n) is 3.57. The molecule has 17 heavy (non-hydrogen) atoms. The number of aromatic amines is 1. The van der Waals surface area contributed by atoms with Crippen molar-refractivity contribution in [2.24, 2.45) is 0 Å². The minimum absolute atomic E-state index is 0.0406. The van der Waals surface area contributed by atoms with Crippen LogP contribution in [0, 0.1) is 5.82 Å². The molecule has 1 aromatic carbocycles. The van der Waals surface area contributed by atoms with Gasteiger partial charge in [-0.2, -0.15) is 0 Å². The molecule has 1 fully saturated rings. The van der Waals surface area contributed by atoms with Crippen molar-refractivity contribution in [1.82, 2.24) is 9.88 Å². The number of halogens is 1. The molecule has 0 amide bonds. The fourth-order valence-electron chi connectivity index (χ4n) is 2.67. The summed E-state index contributed by atoms with van der Waals surface area (Å²) in [6.07, 6.45) is 4.09. The van der Waals surface area contributed by atoms with E-state index in [0.717, 1.165) is 23.9 Å². The van der Waals surface area contributed by atoms with Crippen LogP contribution in [0.5, 0.6) is 0 Å². The van der Waals surface area contributed by atoms with E-state index >= 15 is 0 Å². The zero-order valence-corrected chi connectivity index (χ0v) is 9.54. The number of nitrogens with one attached hydrogen (secondary N) is 1. The monoisotopic (exact) mass is 235 g/mol. The van der Waals surface area contributed by atoms with Gasteiger partial charge >= 0.3 is 0 Å². The lowest BCUT2D eigenvalue weighted by molar-refractivity contribution is 0.309. The molecule has 2 aromatic rings. The molecule has 0 bridgehead atoms. The standard InChI is InChI=1S/C14H17FN2/c1-17-7-3-4-11(17)8-10-9-16-13-6-2-5-12(15)14(10)13/h2,5-6,9,11,16H,3-4,7-8H2,1H3/t11-/m1/s1/i1D3. The van der Waals surface area contributed by atoms with Crippen LogP contribution in [0.4, 0.5) is 4.39 Å². The Labute approximate surface area is 105 Å². The number of H-pyrrole nitrogens is 1. The normalized spacial score (nSPS) is 24.8. The van der Waals surface area contributed by atoms with Crippen molar-refractivity contribution in [3.63, 3.8) is 0 Å². The number of hydrogen-bond donors (Lipinski definition) is 1. The van der Waals surface area contributed by atoms with E-state index in [1.807, 2.05) is 6.07 Å². The predicted octanol–water partition coefficient (Wildman–Crippen LogP) is 2.94. The quantitative estimate of drug-likeness (QED) is 0.848. The SMILES string of the molecule is [2H]C([2H])([2H])N1CCC[C@@H]1Cc1c[nH]c2cccc(F)c12.